The van der Waals surface area contributed by atoms with Gasteiger partial charge in [0.25, 0.3) is 0 Å². The molecule has 84 valence electrons. The van der Waals surface area contributed by atoms with Gasteiger partial charge in [-0.2, -0.15) is 5.10 Å². The van der Waals surface area contributed by atoms with Gasteiger partial charge in [-0.25, -0.2) is 4.98 Å². The summed E-state index contributed by atoms with van der Waals surface area (Å²) in [6.07, 6.45) is 6.66. The number of hydrogen-bond acceptors (Lipinski definition) is 3. The average Bonchev–Trinajstić information content (AvgIpc) is 2.67. The zero-order valence-corrected chi connectivity index (χ0v) is 9.64. The van der Waals surface area contributed by atoms with Crippen molar-refractivity contribution < 1.29 is 0 Å². The van der Waals surface area contributed by atoms with Crippen LogP contribution in [0.2, 0.25) is 0 Å². The molecule has 2 aromatic rings. The molecule has 0 fully saturated rings. The molecule has 0 aliphatic heterocycles. The molecule has 2 aromatic heterocycles. The zero-order chi connectivity index (χ0) is 11.5. The summed E-state index contributed by atoms with van der Waals surface area (Å²) in [4.78, 5) is 4.11. The van der Waals surface area contributed by atoms with Crippen LogP contribution in [0.3, 0.4) is 0 Å². The summed E-state index contributed by atoms with van der Waals surface area (Å²) in [5.74, 6) is 0.566. The standard InChI is InChI=1S/C12H16N4/c1-3-6-16-8-10(7-15-16)11-9(2)4-5-14-12(11)13/h4-5,7-8H,3,6H2,1-2H3,(H2,13,14). The molecule has 0 atom stereocenters. The van der Waals surface area contributed by atoms with Gasteiger partial charge >= 0.3 is 0 Å². The molecule has 0 bridgehead atoms. The molecule has 0 saturated carbocycles. The minimum atomic E-state index is 0.566. The summed E-state index contributed by atoms with van der Waals surface area (Å²) in [7, 11) is 0. The first-order valence-electron chi connectivity index (χ1n) is 5.46. The van der Waals surface area contributed by atoms with Crippen molar-refractivity contribution in [3.05, 3.63) is 30.2 Å². The molecule has 0 spiro atoms. The van der Waals surface area contributed by atoms with Gasteiger partial charge in [0, 0.05) is 30.1 Å². The second kappa shape index (κ2) is 4.35. The maximum Gasteiger partial charge on any atom is 0.131 e. The van der Waals surface area contributed by atoms with Crippen molar-refractivity contribution >= 4 is 5.82 Å². The van der Waals surface area contributed by atoms with Gasteiger partial charge in [0.1, 0.15) is 5.82 Å². The number of aryl methyl sites for hydroxylation is 2. The highest BCUT2D eigenvalue weighted by Gasteiger charge is 2.08. The van der Waals surface area contributed by atoms with Crippen LogP contribution in [-0.2, 0) is 6.54 Å². The van der Waals surface area contributed by atoms with Crippen LogP contribution in [0.5, 0.6) is 0 Å². The van der Waals surface area contributed by atoms with E-state index in [4.69, 9.17) is 5.73 Å². The van der Waals surface area contributed by atoms with Crippen LogP contribution in [0.1, 0.15) is 18.9 Å². The lowest BCUT2D eigenvalue weighted by Crippen LogP contribution is -1.97. The summed E-state index contributed by atoms with van der Waals surface area (Å²) in [6, 6.07) is 1.96. The van der Waals surface area contributed by atoms with E-state index in [0.29, 0.717) is 5.82 Å². The fourth-order valence-electron chi connectivity index (χ4n) is 1.80. The third kappa shape index (κ3) is 1.91. The van der Waals surface area contributed by atoms with E-state index in [9.17, 15) is 0 Å². The molecular formula is C12H16N4. The first-order chi connectivity index (χ1) is 7.72. The first-order valence-corrected chi connectivity index (χ1v) is 5.46. The molecule has 16 heavy (non-hydrogen) atoms. The lowest BCUT2D eigenvalue weighted by molar-refractivity contribution is 0.603. The van der Waals surface area contributed by atoms with E-state index < -0.39 is 0 Å². The second-order valence-electron chi connectivity index (χ2n) is 3.88. The quantitative estimate of drug-likeness (QED) is 0.856. The molecule has 0 unspecified atom stereocenters. The summed E-state index contributed by atoms with van der Waals surface area (Å²) in [6.45, 7) is 5.09. The van der Waals surface area contributed by atoms with Gasteiger partial charge in [0.15, 0.2) is 0 Å². The number of aromatic nitrogens is 3. The Bertz CT molecular complexity index is 467. The lowest BCUT2D eigenvalue weighted by Gasteiger charge is -2.05. The Morgan fingerprint density at radius 2 is 2.25 bits per heavy atom. The summed E-state index contributed by atoms with van der Waals surface area (Å²) < 4.78 is 1.93. The van der Waals surface area contributed by atoms with E-state index in [1.165, 1.54) is 0 Å². The van der Waals surface area contributed by atoms with Crippen LogP contribution in [0, 0.1) is 6.92 Å². The highest BCUT2D eigenvalue weighted by atomic mass is 15.3. The SMILES string of the molecule is CCCn1cc(-c2c(C)ccnc2N)cn1. The Morgan fingerprint density at radius 1 is 1.44 bits per heavy atom. The van der Waals surface area contributed by atoms with Crippen LogP contribution >= 0.6 is 0 Å². The molecule has 0 amide bonds. The smallest absolute Gasteiger partial charge is 0.131 e. The van der Waals surface area contributed by atoms with Gasteiger partial charge < -0.3 is 5.73 Å². The Balaban J connectivity index is 2.42. The number of rotatable bonds is 3. The highest BCUT2D eigenvalue weighted by molar-refractivity contribution is 5.75. The number of nitrogens with zero attached hydrogens (tertiary/aromatic N) is 3. The van der Waals surface area contributed by atoms with Gasteiger partial charge in [0.2, 0.25) is 0 Å². The average molecular weight is 216 g/mol. The van der Waals surface area contributed by atoms with Crippen LogP contribution < -0.4 is 5.73 Å². The number of hydrogen-bond donors (Lipinski definition) is 1. The van der Waals surface area contributed by atoms with E-state index >= 15 is 0 Å². The van der Waals surface area contributed by atoms with Gasteiger partial charge in [-0.05, 0) is 25.0 Å². The topological polar surface area (TPSA) is 56.7 Å². The lowest BCUT2D eigenvalue weighted by atomic mass is 10.1. The maximum atomic E-state index is 5.89. The van der Waals surface area contributed by atoms with Crippen molar-refractivity contribution in [2.45, 2.75) is 26.8 Å². The van der Waals surface area contributed by atoms with Crippen molar-refractivity contribution in [2.75, 3.05) is 5.73 Å². The molecular weight excluding hydrogens is 200 g/mol. The number of nitrogen functional groups attached to an aromatic ring is 1. The monoisotopic (exact) mass is 216 g/mol. The fourth-order valence-corrected chi connectivity index (χ4v) is 1.80. The zero-order valence-electron chi connectivity index (χ0n) is 9.64. The van der Waals surface area contributed by atoms with Crippen molar-refractivity contribution in [3.63, 3.8) is 0 Å². The minimum Gasteiger partial charge on any atom is -0.383 e. The van der Waals surface area contributed by atoms with Gasteiger partial charge in [0.05, 0.1) is 6.20 Å². The van der Waals surface area contributed by atoms with Crippen LogP contribution in [0.15, 0.2) is 24.7 Å². The van der Waals surface area contributed by atoms with Crippen molar-refractivity contribution in [3.8, 4) is 11.1 Å². The van der Waals surface area contributed by atoms with Crippen LogP contribution in [0.4, 0.5) is 5.82 Å². The normalized spacial score (nSPS) is 10.6. The molecule has 4 nitrogen and oxygen atoms in total. The first kappa shape index (κ1) is 10.7. The Hall–Kier alpha value is -1.84. The van der Waals surface area contributed by atoms with E-state index in [-0.39, 0.29) is 0 Å². The molecule has 0 aromatic carbocycles. The molecule has 0 saturated heterocycles. The second-order valence-corrected chi connectivity index (χ2v) is 3.88. The Morgan fingerprint density at radius 3 is 2.94 bits per heavy atom. The maximum absolute atomic E-state index is 5.89. The van der Waals surface area contributed by atoms with Gasteiger partial charge in [-0.15, -0.1) is 0 Å². The van der Waals surface area contributed by atoms with Crippen LogP contribution in [-0.4, -0.2) is 14.8 Å². The number of pyridine rings is 1. The van der Waals surface area contributed by atoms with Gasteiger partial charge in [-0.1, -0.05) is 6.92 Å². The van der Waals surface area contributed by atoms with E-state index in [2.05, 4.69) is 17.0 Å². The Kier molecular flexibility index (Phi) is 2.90. The molecule has 2 N–H and O–H groups in total. The van der Waals surface area contributed by atoms with E-state index in [0.717, 1.165) is 29.7 Å². The molecule has 0 aliphatic rings. The van der Waals surface area contributed by atoms with Crippen molar-refractivity contribution in [2.24, 2.45) is 0 Å². The predicted molar refractivity (Wildman–Crippen MR) is 64.9 cm³/mol. The largest absolute Gasteiger partial charge is 0.383 e. The molecule has 0 aliphatic carbocycles. The van der Waals surface area contributed by atoms with E-state index in [1.54, 1.807) is 6.20 Å². The highest BCUT2D eigenvalue weighted by Crippen LogP contribution is 2.27. The van der Waals surface area contributed by atoms with E-state index in [1.807, 2.05) is 30.1 Å². The van der Waals surface area contributed by atoms with Gasteiger partial charge in [-0.3, -0.25) is 4.68 Å². The molecule has 2 rings (SSSR count). The fraction of sp³-hybridized carbons (Fsp3) is 0.333. The molecule has 4 heteroatoms. The van der Waals surface area contributed by atoms with Crippen LogP contribution in [0.25, 0.3) is 11.1 Å². The molecule has 0 radical (unpaired) electrons. The summed E-state index contributed by atoms with van der Waals surface area (Å²) in [5.41, 5.74) is 9.05. The predicted octanol–water partition coefficient (Wildman–Crippen LogP) is 2.25. The minimum absolute atomic E-state index is 0.566. The number of nitrogens with two attached hydrogens (primary N) is 1. The summed E-state index contributed by atoms with van der Waals surface area (Å²) in [5, 5.41) is 4.30. The third-order valence-corrected chi connectivity index (χ3v) is 2.56. The van der Waals surface area contributed by atoms with Crippen molar-refractivity contribution in [1.82, 2.24) is 14.8 Å². The third-order valence-electron chi connectivity index (χ3n) is 2.56. The molecule has 2 heterocycles. The van der Waals surface area contributed by atoms with Crippen molar-refractivity contribution in [1.29, 1.82) is 0 Å². The number of anilines is 1. The Labute approximate surface area is 95.1 Å². The summed E-state index contributed by atoms with van der Waals surface area (Å²) >= 11 is 0.